The minimum Gasteiger partial charge on any atom is -0.744 e. The Balaban J connectivity index is 0.00000574. The number of amides is 6. The van der Waals surface area contributed by atoms with Crippen molar-refractivity contribution in [2.75, 3.05) is 42.8 Å². The van der Waals surface area contributed by atoms with E-state index in [1.54, 1.807) is 50.2 Å². The third-order valence-corrected chi connectivity index (χ3v) is 12.5. The van der Waals surface area contributed by atoms with Gasteiger partial charge in [-0.15, -0.1) is 0 Å². The summed E-state index contributed by atoms with van der Waals surface area (Å²) >= 11 is 0. The maximum atomic E-state index is 13.4. The second-order valence-corrected chi connectivity index (χ2v) is 19.2. The number of hydrogen-bond acceptors (Lipinski definition) is 20. The molecule has 0 atom stereocenters. The van der Waals surface area contributed by atoms with E-state index in [1.165, 1.54) is 24.3 Å². The van der Waals surface area contributed by atoms with Gasteiger partial charge in [0.25, 0.3) is 11.8 Å². The summed E-state index contributed by atoms with van der Waals surface area (Å²) in [5, 5.41) is 46.5. The van der Waals surface area contributed by atoms with Gasteiger partial charge in [-0.3, -0.25) is 30.0 Å². The van der Waals surface area contributed by atoms with Gasteiger partial charge in [-0.25, -0.2) is 26.4 Å². The number of nitrogens with zero attached hydrogens (tertiary/aromatic N) is 2. The van der Waals surface area contributed by atoms with Crippen LogP contribution in [0.1, 0.15) is 45.7 Å². The molecule has 6 aromatic rings. The number of aryl methyl sites for hydroxylation is 2. The van der Waals surface area contributed by atoms with Gasteiger partial charge in [0.2, 0.25) is 0 Å². The largest absolute Gasteiger partial charge is 1.00 e. The molecule has 6 amide bonds. The second kappa shape index (κ2) is 31.5. The summed E-state index contributed by atoms with van der Waals surface area (Å²) in [6.07, 6.45) is 0. The number of nitrogens with one attached hydrogen (secondary N) is 8. The summed E-state index contributed by atoms with van der Waals surface area (Å²) < 4.78 is 67.0. The predicted molar refractivity (Wildman–Crippen MR) is 278 cm³/mol. The van der Waals surface area contributed by atoms with Gasteiger partial charge in [0, 0.05) is 59.1 Å². The van der Waals surface area contributed by atoms with Crippen molar-refractivity contribution in [3.8, 4) is 11.1 Å². The molecule has 0 aromatic heterocycles. The molecule has 32 heteroatoms. The van der Waals surface area contributed by atoms with E-state index >= 15 is 0 Å². The number of carbonyl (C=O) groups excluding carboxylic acids is 8. The first-order valence-electron chi connectivity index (χ1n) is 22.2. The third kappa shape index (κ3) is 20.0. The Bertz CT molecular complexity index is 3530. The number of rotatable bonds is 19. The Hall–Kier alpha value is -6.16. The van der Waals surface area contributed by atoms with E-state index in [-0.39, 0.29) is 164 Å². The predicted octanol–water partition coefficient (Wildman–Crippen LogP) is -8.20. The molecule has 0 radical (unpaired) electrons. The normalized spacial score (nSPS) is 11.0. The average molecular weight is 1190 g/mol. The first-order valence-corrected chi connectivity index (χ1v) is 25.0. The monoisotopic (exact) mass is 1190 g/mol. The van der Waals surface area contributed by atoms with E-state index in [4.69, 9.17) is 0 Å². The SMILES string of the molecule is CC(=O)/C(=N\Nc1ccc(NC(=O)Nc2ccc(S(=O)(=O)[O-])cc2)cc1C(=O)[O-])C(=O)Nc1ccc(-c2ccc(NC(=O)/C(=N/Nc3ccc(NC(=O)Nc4ccc(S(=O)(=O)[O-])cc4)cc3C(=O)[O-])C(C)=O)c(C)c2)cc1C.[Na+].[Na+].[Na+].[Na+]. The zero-order chi connectivity index (χ0) is 57.2. The zero-order valence-corrected chi connectivity index (χ0v) is 54.4. The molecule has 402 valence electrons. The molecular formula is C50H40N10Na4O16S2. The van der Waals surface area contributed by atoms with Gasteiger partial charge in [0.15, 0.2) is 23.0 Å². The molecule has 8 N–H and O–H groups in total. The van der Waals surface area contributed by atoms with Crippen LogP contribution in [0.3, 0.4) is 0 Å². The van der Waals surface area contributed by atoms with Crippen LogP contribution in [0.2, 0.25) is 0 Å². The zero-order valence-electron chi connectivity index (χ0n) is 44.8. The number of hydrazone groups is 2. The Morgan fingerprint density at radius 2 is 0.695 bits per heavy atom. The summed E-state index contributed by atoms with van der Waals surface area (Å²) in [6, 6.07) is 23.6. The van der Waals surface area contributed by atoms with Crippen molar-refractivity contribution >= 4 is 125 Å². The van der Waals surface area contributed by atoms with E-state index < -0.39 is 100.0 Å². The number of Topliss-reactive ketones (excluding diaryl/α,β-unsaturated/α-hetero) is 2. The number of anilines is 8. The van der Waals surface area contributed by atoms with Crippen LogP contribution in [0.4, 0.5) is 55.1 Å². The maximum Gasteiger partial charge on any atom is 1.00 e. The molecule has 0 bridgehead atoms. The number of hydrogen-bond donors (Lipinski definition) is 8. The first kappa shape index (κ1) is 71.9. The van der Waals surface area contributed by atoms with Gasteiger partial charge >= 0.3 is 130 Å². The van der Waals surface area contributed by atoms with E-state index in [0.717, 1.165) is 74.5 Å². The quantitative estimate of drug-likeness (QED) is 0.0123. The summed E-state index contributed by atoms with van der Waals surface area (Å²) in [4.78, 5) is 100. The van der Waals surface area contributed by atoms with Crippen LogP contribution < -0.4 is 171 Å². The van der Waals surface area contributed by atoms with Crippen LogP contribution in [0.5, 0.6) is 0 Å². The number of urea groups is 2. The number of ketones is 2. The first-order chi connectivity index (χ1) is 36.7. The van der Waals surface area contributed by atoms with Crippen molar-refractivity contribution in [2.24, 2.45) is 10.2 Å². The average Bonchev–Trinajstić information content (AvgIpc) is 3.35. The number of aromatic carboxylic acids is 2. The number of carboxylic acid groups (broad SMARTS) is 2. The van der Waals surface area contributed by atoms with Gasteiger partial charge in [-0.2, -0.15) is 10.2 Å². The molecule has 6 aromatic carbocycles. The van der Waals surface area contributed by atoms with Crippen LogP contribution in [-0.4, -0.2) is 84.7 Å². The van der Waals surface area contributed by atoms with Crippen molar-refractivity contribution in [3.05, 3.63) is 144 Å². The second-order valence-electron chi connectivity index (χ2n) is 16.4. The van der Waals surface area contributed by atoms with Crippen LogP contribution in [0.25, 0.3) is 11.1 Å². The number of carbonyl (C=O) groups is 8. The van der Waals surface area contributed by atoms with Crippen molar-refractivity contribution in [2.45, 2.75) is 37.5 Å². The minimum atomic E-state index is -4.72. The molecule has 26 nitrogen and oxygen atoms in total. The minimum absolute atomic E-state index is 0. The number of benzene rings is 6. The third-order valence-electron chi connectivity index (χ3n) is 10.8. The summed E-state index contributed by atoms with van der Waals surface area (Å²) in [5.74, 6) is -6.97. The molecule has 0 aliphatic rings. The fourth-order valence-corrected chi connectivity index (χ4v) is 7.85. The molecular weight excluding hydrogens is 1150 g/mol. The molecule has 0 saturated carbocycles. The van der Waals surface area contributed by atoms with Gasteiger partial charge in [0.1, 0.15) is 20.2 Å². The molecule has 82 heavy (non-hydrogen) atoms. The fourth-order valence-electron chi connectivity index (χ4n) is 6.91. The Morgan fingerprint density at radius 1 is 0.402 bits per heavy atom. The molecule has 0 aliphatic heterocycles. The Kier molecular flexibility index (Phi) is 27.6. The summed E-state index contributed by atoms with van der Waals surface area (Å²) in [7, 11) is -9.44. The molecule has 0 saturated heterocycles. The van der Waals surface area contributed by atoms with E-state index in [9.17, 15) is 74.5 Å². The topological polar surface area (TPSA) is 418 Å². The maximum absolute atomic E-state index is 13.4. The Morgan fingerprint density at radius 3 is 0.976 bits per heavy atom. The number of carboxylic acids is 2. The van der Waals surface area contributed by atoms with Crippen LogP contribution in [0.15, 0.2) is 141 Å². The van der Waals surface area contributed by atoms with E-state index in [1.807, 2.05) is 0 Å². The van der Waals surface area contributed by atoms with Crippen LogP contribution in [-0.2, 0) is 39.4 Å². The van der Waals surface area contributed by atoms with Crippen molar-refractivity contribution in [1.82, 2.24) is 0 Å². The van der Waals surface area contributed by atoms with Crippen LogP contribution in [0, 0.1) is 13.8 Å². The summed E-state index contributed by atoms with van der Waals surface area (Å²) in [6.45, 7) is 5.44. The molecule has 0 spiro atoms. The van der Waals surface area contributed by atoms with Crippen molar-refractivity contribution in [3.63, 3.8) is 0 Å². The molecule has 0 heterocycles. The molecule has 0 aliphatic carbocycles. The van der Waals surface area contributed by atoms with E-state index in [2.05, 4.69) is 53.0 Å². The van der Waals surface area contributed by atoms with Gasteiger partial charge < -0.3 is 60.8 Å². The van der Waals surface area contributed by atoms with Gasteiger partial charge in [-0.1, -0.05) is 12.1 Å². The fraction of sp³-hybridized carbons (Fsp3) is 0.0800. The summed E-state index contributed by atoms with van der Waals surface area (Å²) in [5.41, 5.74) is 4.95. The van der Waals surface area contributed by atoms with Gasteiger partial charge in [-0.05, 0) is 145 Å². The van der Waals surface area contributed by atoms with Crippen molar-refractivity contribution < 1.29 is 193 Å². The van der Waals surface area contributed by atoms with Crippen LogP contribution >= 0.6 is 0 Å². The molecule has 0 fully saturated rings. The van der Waals surface area contributed by atoms with Crippen molar-refractivity contribution in [1.29, 1.82) is 0 Å². The van der Waals surface area contributed by atoms with E-state index in [0.29, 0.717) is 22.3 Å². The molecule has 6 rings (SSSR count). The Labute approximate surface area is 556 Å². The molecule has 0 unspecified atom stereocenters. The standard InChI is InChI=1S/C50H44N10O16S2.4Na/c1-25-21-29(5-17-39(25)55-45(63)43(27(3)61)59-57-41-19-11-33(23-37(41)47(65)66)53-49(69)51-31-7-13-35(14-8-31)77(71,72)73)30-6-18-40(26(2)22-30)56-46(64)44(28(4)62)60-58-42-20-12-34(24-38(42)48(67)68)54-50(70)52-32-9-15-36(16-10-32)78(74,75)76;;;;/h5-24,57-58H,1-4H3,(H,55,63)(H,56,64)(H,65,66)(H,67,68)(H2,51,53,69)(H2,52,54,70)(H,71,72,73)(H,74,75,76);;;;/q;4*+1/p-4/b59-43+,60-44+;;;;. The van der Waals surface area contributed by atoms with Gasteiger partial charge in [0.05, 0.1) is 33.1 Å². The smallest absolute Gasteiger partial charge is 0.744 e.